The minimum Gasteiger partial charge on any atom is -0.480 e. The van der Waals surface area contributed by atoms with E-state index < -0.39 is 11.7 Å². The first-order valence-electron chi connectivity index (χ1n) is 7.79. The predicted octanol–water partition coefficient (Wildman–Crippen LogP) is 5.32. The third-order valence-corrected chi connectivity index (χ3v) is 4.39. The maximum absolute atomic E-state index is 13.3. The van der Waals surface area contributed by atoms with Crippen molar-refractivity contribution in [1.29, 1.82) is 0 Å². The molecule has 0 saturated heterocycles. The summed E-state index contributed by atoms with van der Waals surface area (Å²) in [6.07, 6.45) is 0. The van der Waals surface area contributed by atoms with Gasteiger partial charge < -0.3 is 10.1 Å². The van der Waals surface area contributed by atoms with Gasteiger partial charge in [0.2, 0.25) is 0 Å². The zero-order chi connectivity index (χ0) is 18.8. The number of aryl methyl sites for hydroxylation is 2. The largest absolute Gasteiger partial charge is 0.480 e. The molecule has 0 unspecified atom stereocenters. The number of amides is 1. The molecule has 3 aromatic rings. The second-order valence-electron chi connectivity index (χ2n) is 5.81. The molecule has 0 spiro atoms. The molecule has 0 aliphatic rings. The lowest BCUT2D eigenvalue weighted by atomic mass is 10.2. The van der Waals surface area contributed by atoms with Gasteiger partial charge in [-0.15, -0.1) is 0 Å². The lowest BCUT2D eigenvalue weighted by Crippen LogP contribution is -2.21. The van der Waals surface area contributed by atoms with E-state index in [9.17, 15) is 9.18 Å². The first-order chi connectivity index (χ1) is 12.3. The van der Waals surface area contributed by atoms with Crippen LogP contribution in [0.15, 0.2) is 36.4 Å². The average molecular weight is 393 g/mol. The van der Waals surface area contributed by atoms with E-state index in [2.05, 4.69) is 10.3 Å². The van der Waals surface area contributed by atoms with Gasteiger partial charge in [-0.2, -0.15) is 0 Å². The van der Waals surface area contributed by atoms with E-state index in [4.69, 9.17) is 27.9 Å². The van der Waals surface area contributed by atoms with Crippen LogP contribution in [0.2, 0.25) is 10.0 Å². The Labute approximate surface area is 159 Å². The molecule has 0 saturated carbocycles. The molecule has 3 rings (SSSR count). The van der Waals surface area contributed by atoms with Crippen molar-refractivity contribution in [3.63, 3.8) is 0 Å². The van der Waals surface area contributed by atoms with Gasteiger partial charge in [-0.1, -0.05) is 29.3 Å². The summed E-state index contributed by atoms with van der Waals surface area (Å²) in [6, 6.07) is 9.36. The van der Waals surface area contributed by atoms with Crippen molar-refractivity contribution in [2.75, 3.05) is 11.9 Å². The van der Waals surface area contributed by atoms with Crippen LogP contribution in [0.25, 0.3) is 10.9 Å². The molecule has 0 aliphatic heterocycles. The number of fused-ring (bicyclic) bond motifs is 1. The molecule has 4 nitrogen and oxygen atoms in total. The predicted molar refractivity (Wildman–Crippen MR) is 102 cm³/mol. The fourth-order valence-electron chi connectivity index (χ4n) is 2.48. The number of halogens is 3. The molecular formula is C19H15Cl2FN2O2. The van der Waals surface area contributed by atoms with Gasteiger partial charge in [-0.05, 0) is 49.7 Å². The van der Waals surface area contributed by atoms with Crippen LogP contribution in [0.3, 0.4) is 0 Å². The monoisotopic (exact) mass is 392 g/mol. The first-order valence-corrected chi connectivity index (χ1v) is 8.55. The summed E-state index contributed by atoms with van der Waals surface area (Å²) in [7, 11) is 0. The van der Waals surface area contributed by atoms with Gasteiger partial charge in [0.25, 0.3) is 5.91 Å². The van der Waals surface area contributed by atoms with E-state index >= 15 is 0 Å². The summed E-state index contributed by atoms with van der Waals surface area (Å²) in [6.45, 7) is 3.30. The molecule has 1 amide bonds. The number of nitrogens with one attached hydrogen (secondary N) is 1. The minimum absolute atomic E-state index is 0.260. The molecule has 0 radical (unpaired) electrons. The van der Waals surface area contributed by atoms with Gasteiger partial charge in [0.05, 0.1) is 10.0 Å². The summed E-state index contributed by atoms with van der Waals surface area (Å²) < 4.78 is 18.9. The highest BCUT2D eigenvalue weighted by molar-refractivity contribution is 6.39. The minimum atomic E-state index is -0.439. The maximum atomic E-state index is 13.3. The Morgan fingerprint density at radius 2 is 1.92 bits per heavy atom. The van der Waals surface area contributed by atoms with Gasteiger partial charge in [0.15, 0.2) is 12.4 Å². The number of hydrogen-bond donors (Lipinski definition) is 1. The number of aromatic nitrogens is 1. The van der Waals surface area contributed by atoms with E-state index in [0.29, 0.717) is 21.6 Å². The number of ether oxygens (including phenoxy) is 1. The molecule has 0 bridgehead atoms. The Bertz CT molecular complexity index is 1010. The number of carbonyl (C=O) groups excluding carboxylic acids is 1. The number of carbonyl (C=O) groups is 1. The lowest BCUT2D eigenvalue weighted by Gasteiger charge is -2.13. The number of nitrogens with zero attached hydrogens (tertiary/aromatic N) is 1. The summed E-state index contributed by atoms with van der Waals surface area (Å²) in [5.74, 6) is -0.593. The summed E-state index contributed by atoms with van der Waals surface area (Å²) in [5.41, 5.74) is 2.38. The fourth-order valence-corrected chi connectivity index (χ4v) is 3.05. The Kier molecular flexibility index (Phi) is 5.30. The third-order valence-electron chi connectivity index (χ3n) is 3.80. The van der Waals surface area contributed by atoms with Gasteiger partial charge in [-0.25, -0.2) is 9.37 Å². The second-order valence-corrected chi connectivity index (χ2v) is 6.63. The van der Waals surface area contributed by atoms with Gasteiger partial charge in [0.1, 0.15) is 11.3 Å². The van der Waals surface area contributed by atoms with Gasteiger partial charge in [-0.3, -0.25) is 4.79 Å². The van der Waals surface area contributed by atoms with E-state index in [-0.39, 0.29) is 17.4 Å². The highest BCUT2D eigenvalue weighted by Gasteiger charge is 2.15. The molecule has 7 heteroatoms. The summed E-state index contributed by atoms with van der Waals surface area (Å²) in [5, 5.41) is 4.01. The Balaban J connectivity index is 1.82. The molecule has 0 fully saturated rings. The normalized spacial score (nSPS) is 10.8. The molecule has 1 aromatic heterocycles. The van der Waals surface area contributed by atoms with E-state index in [1.165, 1.54) is 12.1 Å². The third kappa shape index (κ3) is 3.89. The molecule has 0 aliphatic carbocycles. The topological polar surface area (TPSA) is 51.2 Å². The Morgan fingerprint density at radius 1 is 1.15 bits per heavy atom. The first kappa shape index (κ1) is 18.4. The number of pyridine rings is 1. The average Bonchev–Trinajstić information content (AvgIpc) is 2.57. The standard InChI is InChI=1S/C19H15Cl2FN2O2/c1-10-3-5-12(22)7-16(10)24-17(25)9-26-19-15(21)8-14(20)13-6-4-11(2)23-18(13)19/h3-8H,9H2,1-2H3,(H,24,25). The van der Waals surface area contributed by atoms with Crippen molar-refractivity contribution in [3.8, 4) is 5.75 Å². The highest BCUT2D eigenvalue weighted by atomic mass is 35.5. The van der Waals surface area contributed by atoms with Crippen LogP contribution >= 0.6 is 23.2 Å². The Hall–Kier alpha value is -2.37. The van der Waals surface area contributed by atoms with Crippen LogP contribution in [0.1, 0.15) is 11.3 Å². The molecule has 26 heavy (non-hydrogen) atoms. The lowest BCUT2D eigenvalue weighted by molar-refractivity contribution is -0.118. The second kappa shape index (κ2) is 7.48. The quantitative estimate of drug-likeness (QED) is 0.653. The Morgan fingerprint density at radius 3 is 2.69 bits per heavy atom. The molecule has 1 heterocycles. The smallest absolute Gasteiger partial charge is 0.262 e. The molecule has 1 N–H and O–H groups in total. The number of rotatable bonds is 4. The zero-order valence-electron chi connectivity index (χ0n) is 14.1. The number of hydrogen-bond acceptors (Lipinski definition) is 3. The summed E-state index contributed by atoms with van der Waals surface area (Å²) >= 11 is 12.4. The van der Waals surface area contributed by atoms with Crippen LogP contribution in [0.4, 0.5) is 10.1 Å². The van der Waals surface area contributed by atoms with Crippen molar-refractivity contribution in [1.82, 2.24) is 4.98 Å². The van der Waals surface area contributed by atoms with E-state index in [1.54, 1.807) is 19.1 Å². The SMILES string of the molecule is Cc1ccc2c(Cl)cc(Cl)c(OCC(=O)Nc3cc(F)ccc3C)c2n1. The van der Waals surface area contributed by atoms with Crippen molar-refractivity contribution < 1.29 is 13.9 Å². The van der Waals surface area contributed by atoms with Crippen LogP contribution in [0, 0.1) is 19.7 Å². The van der Waals surface area contributed by atoms with Crippen molar-refractivity contribution >= 4 is 45.7 Å². The fraction of sp³-hybridized carbons (Fsp3) is 0.158. The summed E-state index contributed by atoms with van der Waals surface area (Å²) in [4.78, 5) is 16.6. The van der Waals surface area contributed by atoms with Crippen molar-refractivity contribution in [3.05, 3.63) is 63.5 Å². The number of benzene rings is 2. The van der Waals surface area contributed by atoms with Crippen LogP contribution in [0.5, 0.6) is 5.75 Å². The van der Waals surface area contributed by atoms with Crippen LogP contribution in [-0.4, -0.2) is 17.5 Å². The van der Waals surface area contributed by atoms with Gasteiger partial charge in [0, 0.05) is 16.8 Å². The van der Waals surface area contributed by atoms with E-state index in [1.807, 2.05) is 19.1 Å². The highest BCUT2D eigenvalue weighted by Crippen LogP contribution is 2.37. The molecule has 0 atom stereocenters. The molecule has 134 valence electrons. The zero-order valence-corrected chi connectivity index (χ0v) is 15.6. The van der Waals surface area contributed by atoms with E-state index in [0.717, 1.165) is 11.3 Å². The van der Waals surface area contributed by atoms with Crippen molar-refractivity contribution in [2.45, 2.75) is 13.8 Å². The maximum Gasteiger partial charge on any atom is 0.262 e. The van der Waals surface area contributed by atoms with Crippen LogP contribution < -0.4 is 10.1 Å². The number of anilines is 1. The molecular weight excluding hydrogens is 378 g/mol. The van der Waals surface area contributed by atoms with Crippen molar-refractivity contribution in [2.24, 2.45) is 0 Å². The van der Waals surface area contributed by atoms with Gasteiger partial charge >= 0.3 is 0 Å². The molecule has 2 aromatic carbocycles. The van der Waals surface area contributed by atoms with Crippen LogP contribution in [-0.2, 0) is 4.79 Å².